The van der Waals surface area contributed by atoms with Crippen molar-refractivity contribution in [2.45, 2.75) is 11.3 Å². The number of halogens is 1. The van der Waals surface area contributed by atoms with E-state index in [-0.39, 0.29) is 23.9 Å². The molecule has 3 rings (SSSR count). The van der Waals surface area contributed by atoms with Gasteiger partial charge in [-0.2, -0.15) is 4.31 Å². The van der Waals surface area contributed by atoms with Crippen LogP contribution in [0.4, 0.5) is 4.39 Å². The van der Waals surface area contributed by atoms with E-state index < -0.39 is 10.0 Å². The molecular weight excluding hydrogens is 361 g/mol. The van der Waals surface area contributed by atoms with Crippen molar-refractivity contribution in [3.8, 4) is 17.2 Å². The minimum atomic E-state index is -3.69. The van der Waals surface area contributed by atoms with Gasteiger partial charge in [0, 0.05) is 26.1 Å². The molecule has 0 radical (unpaired) electrons. The summed E-state index contributed by atoms with van der Waals surface area (Å²) in [6, 6.07) is 10.1. The number of likely N-dealkylation sites (N-methyl/N-ethyl adjacent to an activating group) is 1. The van der Waals surface area contributed by atoms with Crippen molar-refractivity contribution in [1.82, 2.24) is 4.31 Å². The normalized spacial score (nSPS) is 14.1. The lowest BCUT2D eigenvalue weighted by Crippen LogP contribution is -2.31. The van der Waals surface area contributed by atoms with Gasteiger partial charge in [-0.15, -0.1) is 0 Å². The van der Waals surface area contributed by atoms with E-state index in [0.29, 0.717) is 30.5 Å². The van der Waals surface area contributed by atoms with Crippen LogP contribution in [-0.4, -0.2) is 46.1 Å². The van der Waals surface area contributed by atoms with Gasteiger partial charge in [-0.3, -0.25) is 0 Å². The number of fused-ring (bicyclic) bond motifs is 1. The fraction of sp³-hybridized carbons (Fsp3) is 0.333. The lowest BCUT2D eigenvalue weighted by atomic mass is 10.3. The van der Waals surface area contributed by atoms with E-state index in [1.807, 2.05) is 0 Å². The summed E-state index contributed by atoms with van der Waals surface area (Å²) in [5.41, 5.74) is 0. The molecule has 0 unspecified atom stereocenters. The first-order valence-electron chi connectivity index (χ1n) is 8.21. The minimum absolute atomic E-state index is 0.131. The Morgan fingerprint density at radius 3 is 2.50 bits per heavy atom. The second-order valence-electron chi connectivity index (χ2n) is 5.79. The summed E-state index contributed by atoms with van der Waals surface area (Å²) >= 11 is 0. The van der Waals surface area contributed by atoms with E-state index in [1.165, 1.54) is 47.8 Å². The summed E-state index contributed by atoms with van der Waals surface area (Å²) in [6.45, 7) is 1.32. The van der Waals surface area contributed by atoms with Crippen molar-refractivity contribution in [3.63, 3.8) is 0 Å². The average Bonchev–Trinajstić information content (AvgIpc) is 2.88. The Kier molecular flexibility index (Phi) is 5.63. The van der Waals surface area contributed by atoms with Gasteiger partial charge in [0.2, 0.25) is 10.0 Å². The molecule has 0 bridgehead atoms. The molecule has 1 aliphatic rings. The highest BCUT2D eigenvalue weighted by atomic mass is 32.2. The van der Waals surface area contributed by atoms with Gasteiger partial charge in [0.05, 0.1) is 18.1 Å². The number of nitrogens with zero attached hydrogens (tertiary/aromatic N) is 1. The van der Waals surface area contributed by atoms with Gasteiger partial charge in [-0.05, 0) is 36.4 Å². The molecule has 1 heterocycles. The second-order valence-corrected chi connectivity index (χ2v) is 7.83. The average molecular weight is 381 g/mol. The smallest absolute Gasteiger partial charge is 0.243 e. The molecule has 2 aromatic carbocycles. The minimum Gasteiger partial charge on any atom is -0.492 e. The third kappa shape index (κ3) is 4.25. The van der Waals surface area contributed by atoms with Crippen LogP contribution >= 0.6 is 0 Å². The predicted molar refractivity (Wildman–Crippen MR) is 93.8 cm³/mol. The first kappa shape index (κ1) is 18.5. The molecule has 2 aromatic rings. The van der Waals surface area contributed by atoms with Gasteiger partial charge < -0.3 is 14.2 Å². The molecule has 8 heteroatoms. The van der Waals surface area contributed by atoms with Crippen LogP contribution in [0.5, 0.6) is 17.2 Å². The van der Waals surface area contributed by atoms with Crippen LogP contribution < -0.4 is 14.2 Å². The van der Waals surface area contributed by atoms with Crippen molar-refractivity contribution in [3.05, 3.63) is 48.3 Å². The van der Waals surface area contributed by atoms with E-state index >= 15 is 0 Å². The van der Waals surface area contributed by atoms with Crippen molar-refractivity contribution < 1.29 is 27.0 Å². The first-order valence-corrected chi connectivity index (χ1v) is 9.65. The van der Waals surface area contributed by atoms with E-state index in [4.69, 9.17) is 14.2 Å². The van der Waals surface area contributed by atoms with Crippen LogP contribution in [0.2, 0.25) is 0 Å². The third-order valence-corrected chi connectivity index (χ3v) is 5.77. The van der Waals surface area contributed by atoms with E-state index in [1.54, 1.807) is 6.07 Å². The van der Waals surface area contributed by atoms with Gasteiger partial charge in [0.25, 0.3) is 0 Å². The highest BCUT2D eigenvalue weighted by Gasteiger charge is 2.23. The first-order chi connectivity index (χ1) is 12.5. The fourth-order valence-electron chi connectivity index (χ4n) is 2.43. The lowest BCUT2D eigenvalue weighted by Gasteiger charge is -2.18. The van der Waals surface area contributed by atoms with E-state index in [2.05, 4.69) is 0 Å². The maximum absolute atomic E-state index is 12.9. The Labute approximate surface area is 152 Å². The Morgan fingerprint density at radius 2 is 1.77 bits per heavy atom. The molecule has 140 valence electrons. The molecular formula is C18H20FNO5S. The summed E-state index contributed by atoms with van der Waals surface area (Å²) in [6.07, 6.45) is 0.747. The summed E-state index contributed by atoms with van der Waals surface area (Å²) in [7, 11) is -2.21. The maximum Gasteiger partial charge on any atom is 0.243 e. The molecule has 6 nitrogen and oxygen atoms in total. The molecule has 0 spiro atoms. The summed E-state index contributed by atoms with van der Waals surface area (Å²) in [4.78, 5) is 0.131. The molecule has 0 saturated carbocycles. The summed E-state index contributed by atoms with van der Waals surface area (Å²) in [5.74, 6) is 1.10. The van der Waals surface area contributed by atoms with Crippen LogP contribution in [0.25, 0.3) is 0 Å². The Bertz CT molecular complexity index is 854. The molecule has 0 aliphatic carbocycles. The van der Waals surface area contributed by atoms with E-state index in [9.17, 15) is 12.8 Å². The van der Waals surface area contributed by atoms with Gasteiger partial charge in [-0.1, -0.05) is 0 Å². The highest BCUT2D eigenvalue weighted by molar-refractivity contribution is 7.89. The van der Waals surface area contributed by atoms with Crippen molar-refractivity contribution in [2.75, 3.05) is 33.4 Å². The number of benzene rings is 2. The standard InChI is InChI=1S/C18H20FNO5S/c1-20(9-12-23-15-5-3-14(19)4-6-15)26(21,22)16-7-8-17-18(13-16)25-11-2-10-24-17/h3-8,13H,2,9-12H2,1H3. The quantitative estimate of drug-likeness (QED) is 0.770. The fourth-order valence-corrected chi connectivity index (χ4v) is 3.60. The molecule has 0 fully saturated rings. The maximum atomic E-state index is 12.9. The molecule has 0 atom stereocenters. The Balaban J connectivity index is 1.65. The summed E-state index contributed by atoms with van der Waals surface area (Å²) in [5, 5.41) is 0. The Morgan fingerprint density at radius 1 is 1.08 bits per heavy atom. The number of hydrogen-bond donors (Lipinski definition) is 0. The number of ether oxygens (including phenoxy) is 3. The van der Waals surface area contributed by atoms with Crippen LogP contribution in [0.15, 0.2) is 47.4 Å². The molecule has 1 aliphatic heterocycles. The zero-order valence-corrected chi connectivity index (χ0v) is 15.2. The van der Waals surface area contributed by atoms with Gasteiger partial charge >= 0.3 is 0 Å². The predicted octanol–water partition coefficient (Wildman–Crippen LogP) is 2.69. The highest BCUT2D eigenvalue weighted by Crippen LogP contribution is 2.32. The van der Waals surface area contributed by atoms with Crippen LogP contribution in [0, 0.1) is 5.82 Å². The van der Waals surface area contributed by atoms with Crippen LogP contribution in [0.3, 0.4) is 0 Å². The second kappa shape index (κ2) is 7.92. The van der Waals surface area contributed by atoms with Gasteiger partial charge in [0.15, 0.2) is 11.5 Å². The molecule has 0 saturated heterocycles. The number of hydrogen-bond acceptors (Lipinski definition) is 5. The summed E-state index contributed by atoms with van der Waals surface area (Å²) < 4.78 is 56.0. The molecule has 26 heavy (non-hydrogen) atoms. The van der Waals surface area contributed by atoms with Crippen molar-refractivity contribution in [1.29, 1.82) is 0 Å². The van der Waals surface area contributed by atoms with Crippen molar-refractivity contribution >= 4 is 10.0 Å². The monoisotopic (exact) mass is 381 g/mol. The SMILES string of the molecule is CN(CCOc1ccc(F)cc1)S(=O)(=O)c1ccc2c(c1)OCCCO2. The topological polar surface area (TPSA) is 65.1 Å². The largest absolute Gasteiger partial charge is 0.492 e. The molecule has 0 N–H and O–H groups in total. The zero-order valence-electron chi connectivity index (χ0n) is 14.4. The lowest BCUT2D eigenvalue weighted by molar-refractivity contribution is 0.286. The molecule has 0 amide bonds. The van der Waals surface area contributed by atoms with E-state index in [0.717, 1.165) is 6.42 Å². The van der Waals surface area contributed by atoms with Crippen molar-refractivity contribution in [2.24, 2.45) is 0 Å². The zero-order chi connectivity index (χ0) is 18.6. The van der Waals surface area contributed by atoms with Crippen LogP contribution in [-0.2, 0) is 10.0 Å². The molecule has 0 aromatic heterocycles. The Hall–Kier alpha value is -2.32. The van der Waals surface area contributed by atoms with Gasteiger partial charge in [-0.25, -0.2) is 12.8 Å². The number of sulfonamides is 1. The third-order valence-electron chi connectivity index (χ3n) is 3.92. The van der Waals surface area contributed by atoms with Crippen LogP contribution in [0.1, 0.15) is 6.42 Å². The number of rotatable bonds is 6. The van der Waals surface area contributed by atoms with Gasteiger partial charge in [0.1, 0.15) is 18.2 Å².